The number of aromatic nitrogens is 1. The van der Waals surface area contributed by atoms with E-state index in [0.29, 0.717) is 23.0 Å². The Morgan fingerprint density at radius 2 is 1.90 bits per heavy atom. The lowest BCUT2D eigenvalue weighted by molar-refractivity contribution is 0.594. The minimum absolute atomic E-state index is 0.114. The van der Waals surface area contributed by atoms with Gasteiger partial charge in [0.25, 0.3) is 0 Å². The molecule has 2 aromatic rings. The molecule has 1 heterocycles. The number of benzene rings is 1. The van der Waals surface area contributed by atoms with Crippen molar-refractivity contribution in [2.24, 2.45) is 0 Å². The van der Waals surface area contributed by atoms with Crippen LogP contribution in [0.25, 0.3) is 0 Å². The Hall–Kier alpha value is -1.59. The third-order valence-electron chi connectivity index (χ3n) is 2.75. The molecular formula is C14H15ClN2O2S. The minimum atomic E-state index is -3.20. The van der Waals surface area contributed by atoms with Gasteiger partial charge in [0.15, 0.2) is 9.84 Å². The van der Waals surface area contributed by atoms with E-state index in [4.69, 9.17) is 11.6 Å². The molecule has 0 unspecified atom stereocenters. The van der Waals surface area contributed by atoms with E-state index in [1.54, 1.807) is 48.7 Å². The predicted octanol–water partition coefficient (Wildman–Crippen LogP) is 3.01. The molecule has 0 aliphatic carbocycles. The van der Waals surface area contributed by atoms with Gasteiger partial charge in [-0.25, -0.2) is 13.4 Å². The second-order valence-corrected chi connectivity index (χ2v) is 6.78. The Morgan fingerprint density at radius 3 is 2.60 bits per heavy atom. The normalized spacial score (nSPS) is 11.2. The van der Waals surface area contributed by atoms with Crippen molar-refractivity contribution in [2.75, 3.05) is 17.6 Å². The van der Waals surface area contributed by atoms with Gasteiger partial charge in [-0.1, -0.05) is 29.8 Å². The maximum absolute atomic E-state index is 12.0. The summed E-state index contributed by atoms with van der Waals surface area (Å²) in [5, 5.41) is 3.53. The standard InChI is InChI=1S/C14H15ClN2O2S/c15-14-11-12(7-9-17-14)16-8-4-10-20(18,19)13-5-2-1-3-6-13/h1-3,5-7,9,11H,4,8,10H2,(H,16,17). The molecule has 1 aromatic heterocycles. The monoisotopic (exact) mass is 310 g/mol. The molecule has 0 amide bonds. The molecule has 0 spiro atoms. The third kappa shape index (κ3) is 4.21. The second-order valence-electron chi connectivity index (χ2n) is 4.28. The van der Waals surface area contributed by atoms with Crippen molar-refractivity contribution in [3.63, 3.8) is 0 Å². The molecule has 0 radical (unpaired) electrons. The Kier molecular flexibility index (Phi) is 4.98. The lowest BCUT2D eigenvalue weighted by atomic mass is 10.4. The van der Waals surface area contributed by atoms with E-state index in [2.05, 4.69) is 10.3 Å². The summed E-state index contributed by atoms with van der Waals surface area (Å²) in [6.45, 7) is 0.562. The molecule has 0 fully saturated rings. The van der Waals surface area contributed by atoms with Crippen molar-refractivity contribution < 1.29 is 8.42 Å². The lowest BCUT2D eigenvalue weighted by Crippen LogP contribution is -2.11. The molecule has 0 saturated carbocycles. The second kappa shape index (κ2) is 6.72. The average Bonchev–Trinajstić information content (AvgIpc) is 2.45. The number of rotatable bonds is 6. The van der Waals surface area contributed by atoms with Gasteiger partial charge in [-0.15, -0.1) is 0 Å². The first-order chi connectivity index (χ1) is 9.58. The van der Waals surface area contributed by atoms with Gasteiger partial charge in [0.05, 0.1) is 10.6 Å². The Balaban J connectivity index is 1.84. The number of pyridine rings is 1. The molecule has 1 aromatic carbocycles. The van der Waals surface area contributed by atoms with Crippen LogP contribution in [0.3, 0.4) is 0 Å². The van der Waals surface area contributed by atoms with Gasteiger partial charge in [0, 0.05) is 18.4 Å². The van der Waals surface area contributed by atoms with Crippen molar-refractivity contribution in [1.29, 1.82) is 0 Å². The van der Waals surface area contributed by atoms with E-state index >= 15 is 0 Å². The molecule has 6 heteroatoms. The van der Waals surface area contributed by atoms with Crippen molar-refractivity contribution >= 4 is 27.1 Å². The number of nitrogens with one attached hydrogen (secondary N) is 1. The van der Waals surface area contributed by atoms with E-state index < -0.39 is 9.84 Å². The van der Waals surface area contributed by atoms with Gasteiger partial charge >= 0.3 is 0 Å². The summed E-state index contributed by atoms with van der Waals surface area (Å²) in [6, 6.07) is 12.0. The third-order valence-corrected chi connectivity index (χ3v) is 4.77. The Bertz CT molecular complexity index is 660. The fraction of sp³-hybridized carbons (Fsp3) is 0.214. The number of anilines is 1. The van der Waals surface area contributed by atoms with Crippen molar-refractivity contribution in [3.8, 4) is 0 Å². The minimum Gasteiger partial charge on any atom is -0.385 e. The first-order valence-electron chi connectivity index (χ1n) is 6.21. The van der Waals surface area contributed by atoms with Crippen LogP contribution < -0.4 is 5.32 Å². The zero-order valence-electron chi connectivity index (χ0n) is 10.8. The van der Waals surface area contributed by atoms with Gasteiger partial charge < -0.3 is 5.32 Å². The zero-order chi connectivity index (χ0) is 14.4. The van der Waals surface area contributed by atoms with Crippen LogP contribution in [0.15, 0.2) is 53.6 Å². The van der Waals surface area contributed by atoms with Crippen LogP contribution in [0.5, 0.6) is 0 Å². The molecule has 4 nitrogen and oxygen atoms in total. The molecule has 0 aliphatic rings. The topological polar surface area (TPSA) is 59.1 Å². The first-order valence-corrected chi connectivity index (χ1v) is 8.24. The van der Waals surface area contributed by atoms with Crippen LogP contribution in [0.4, 0.5) is 5.69 Å². The van der Waals surface area contributed by atoms with Crippen LogP contribution >= 0.6 is 11.6 Å². The highest BCUT2D eigenvalue weighted by atomic mass is 35.5. The fourth-order valence-corrected chi connectivity index (χ4v) is 3.26. The van der Waals surface area contributed by atoms with Gasteiger partial charge in [0.2, 0.25) is 0 Å². The maximum Gasteiger partial charge on any atom is 0.178 e. The van der Waals surface area contributed by atoms with Crippen LogP contribution in [0.2, 0.25) is 5.15 Å². The summed E-state index contributed by atoms with van der Waals surface area (Å²) in [5.74, 6) is 0.114. The summed E-state index contributed by atoms with van der Waals surface area (Å²) in [6.07, 6.45) is 2.13. The highest BCUT2D eigenvalue weighted by Gasteiger charge is 2.12. The summed E-state index contributed by atoms with van der Waals surface area (Å²) >= 11 is 5.76. The molecule has 106 valence electrons. The Morgan fingerprint density at radius 1 is 1.15 bits per heavy atom. The largest absolute Gasteiger partial charge is 0.385 e. The van der Waals surface area contributed by atoms with Crippen LogP contribution in [-0.4, -0.2) is 25.7 Å². The molecule has 0 atom stereocenters. The van der Waals surface area contributed by atoms with Crippen molar-refractivity contribution in [2.45, 2.75) is 11.3 Å². The molecular weight excluding hydrogens is 296 g/mol. The van der Waals surface area contributed by atoms with Gasteiger partial charge in [0.1, 0.15) is 5.15 Å². The number of halogens is 1. The number of hydrogen-bond acceptors (Lipinski definition) is 4. The smallest absolute Gasteiger partial charge is 0.178 e. The molecule has 0 saturated heterocycles. The van der Waals surface area contributed by atoms with Crippen LogP contribution in [0, 0.1) is 0 Å². The lowest BCUT2D eigenvalue weighted by Gasteiger charge is -2.07. The summed E-state index contributed by atoms with van der Waals surface area (Å²) in [7, 11) is -3.20. The van der Waals surface area contributed by atoms with E-state index in [-0.39, 0.29) is 5.75 Å². The average molecular weight is 311 g/mol. The SMILES string of the molecule is O=S(=O)(CCCNc1ccnc(Cl)c1)c1ccccc1. The van der Waals surface area contributed by atoms with Crippen LogP contribution in [0.1, 0.15) is 6.42 Å². The highest BCUT2D eigenvalue weighted by Crippen LogP contribution is 2.13. The fourth-order valence-electron chi connectivity index (χ4n) is 1.75. The number of nitrogens with zero attached hydrogens (tertiary/aromatic N) is 1. The quantitative estimate of drug-likeness (QED) is 0.658. The van der Waals surface area contributed by atoms with Crippen molar-refractivity contribution in [3.05, 3.63) is 53.8 Å². The molecule has 1 N–H and O–H groups in total. The molecule has 0 aliphatic heterocycles. The van der Waals surface area contributed by atoms with E-state index in [1.165, 1.54) is 0 Å². The summed E-state index contributed by atoms with van der Waals surface area (Å²) < 4.78 is 24.1. The first kappa shape index (κ1) is 14.8. The van der Waals surface area contributed by atoms with Crippen molar-refractivity contribution in [1.82, 2.24) is 4.98 Å². The van der Waals surface area contributed by atoms with Crippen LogP contribution in [-0.2, 0) is 9.84 Å². The van der Waals surface area contributed by atoms with E-state index in [0.717, 1.165) is 5.69 Å². The summed E-state index contributed by atoms with van der Waals surface area (Å²) in [5.41, 5.74) is 0.835. The van der Waals surface area contributed by atoms with E-state index in [9.17, 15) is 8.42 Å². The van der Waals surface area contributed by atoms with Gasteiger partial charge in [-0.3, -0.25) is 0 Å². The number of sulfone groups is 1. The van der Waals surface area contributed by atoms with Gasteiger partial charge in [-0.2, -0.15) is 0 Å². The van der Waals surface area contributed by atoms with Gasteiger partial charge in [-0.05, 0) is 30.7 Å². The highest BCUT2D eigenvalue weighted by molar-refractivity contribution is 7.91. The predicted molar refractivity (Wildman–Crippen MR) is 80.8 cm³/mol. The molecule has 2 rings (SSSR count). The summed E-state index contributed by atoms with van der Waals surface area (Å²) in [4.78, 5) is 4.24. The molecule has 20 heavy (non-hydrogen) atoms. The molecule has 0 bridgehead atoms. The maximum atomic E-state index is 12.0. The Labute approximate surface area is 123 Å². The van der Waals surface area contributed by atoms with E-state index in [1.807, 2.05) is 0 Å². The zero-order valence-corrected chi connectivity index (χ0v) is 12.4. The number of hydrogen-bond donors (Lipinski definition) is 1.